The topological polar surface area (TPSA) is 12.9 Å². The van der Waals surface area contributed by atoms with Crippen molar-refractivity contribution in [2.45, 2.75) is 13.8 Å². The van der Waals surface area contributed by atoms with Crippen LogP contribution < -0.4 is 0 Å². The summed E-state index contributed by atoms with van der Waals surface area (Å²) < 4.78 is 13.1. The van der Waals surface area contributed by atoms with E-state index in [2.05, 4.69) is 4.98 Å². The van der Waals surface area contributed by atoms with Gasteiger partial charge in [-0.25, -0.2) is 4.39 Å². The van der Waals surface area contributed by atoms with E-state index in [4.69, 9.17) is 0 Å². The average Bonchev–Trinajstić information content (AvgIpc) is 2.27. The maximum absolute atomic E-state index is 13.1. The zero-order valence-corrected chi connectivity index (χ0v) is 8.79. The molecule has 0 unspecified atom stereocenters. The predicted molar refractivity (Wildman–Crippen MR) is 61.1 cm³/mol. The van der Waals surface area contributed by atoms with E-state index < -0.39 is 0 Å². The highest BCUT2D eigenvalue weighted by molar-refractivity contribution is 5.91. The zero-order chi connectivity index (χ0) is 10.8. The summed E-state index contributed by atoms with van der Waals surface area (Å²) in [5, 5.41) is 2.08. The number of halogens is 1. The van der Waals surface area contributed by atoms with Gasteiger partial charge in [0.25, 0.3) is 0 Å². The van der Waals surface area contributed by atoms with Crippen molar-refractivity contribution < 1.29 is 4.39 Å². The van der Waals surface area contributed by atoms with Gasteiger partial charge in [0.1, 0.15) is 5.83 Å². The number of hydrogen-bond acceptors (Lipinski definition) is 1. The molecule has 0 radical (unpaired) electrons. The van der Waals surface area contributed by atoms with Crippen molar-refractivity contribution in [3.8, 4) is 0 Å². The minimum Gasteiger partial charge on any atom is -0.256 e. The molecule has 0 amide bonds. The van der Waals surface area contributed by atoms with Crippen LogP contribution in [0.2, 0.25) is 0 Å². The van der Waals surface area contributed by atoms with Crippen LogP contribution >= 0.6 is 0 Å². The van der Waals surface area contributed by atoms with Gasteiger partial charge in [0, 0.05) is 17.2 Å². The summed E-state index contributed by atoms with van der Waals surface area (Å²) in [7, 11) is 0. The van der Waals surface area contributed by atoms with Gasteiger partial charge in [-0.15, -0.1) is 0 Å². The molecule has 0 N–H and O–H groups in total. The molecule has 0 aliphatic carbocycles. The monoisotopic (exact) mass is 201 g/mol. The first-order valence-corrected chi connectivity index (χ1v) is 4.87. The third-order valence-electron chi connectivity index (χ3n) is 2.55. The van der Waals surface area contributed by atoms with Crippen LogP contribution in [0, 0.1) is 0 Å². The number of rotatable bonds is 1. The highest BCUT2D eigenvalue weighted by Gasteiger charge is 2.06. The van der Waals surface area contributed by atoms with Crippen molar-refractivity contribution in [1.29, 1.82) is 0 Å². The minimum atomic E-state index is -0.182. The summed E-state index contributed by atoms with van der Waals surface area (Å²) in [6.07, 6.45) is 1.71. The Bertz CT molecular complexity index is 520. The third-order valence-corrected chi connectivity index (χ3v) is 2.55. The quantitative estimate of drug-likeness (QED) is 0.680. The van der Waals surface area contributed by atoms with Gasteiger partial charge in [0.05, 0.1) is 5.69 Å². The highest BCUT2D eigenvalue weighted by atomic mass is 19.1. The first kappa shape index (κ1) is 9.84. The van der Waals surface area contributed by atoms with E-state index in [-0.39, 0.29) is 5.83 Å². The second-order valence-electron chi connectivity index (χ2n) is 3.54. The predicted octanol–water partition coefficient (Wildman–Crippen LogP) is 3.96. The lowest BCUT2D eigenvalue weighted by atomic mass is 10.1. The average molecular weight is 201 g/mol. The molecular formula is C13H12FN. The second kappa shape index (κ2) is 3.81. The summed E-state index contributed by atoms with van der Waals surface area (Å²) >= 11 is 0. The Morgan fingerprint density at radius 3 is 2.60 bits per heavy atom. The molecule has 0 atom stereocenters. The van der Waals surface area contributed by atoms with Crippen molar-refractivity contribution in [2.75, 3.05) is 0 Å². The van der Waals surface area contributed by atoms with E-state index in [1.807, 2.05) is 30.3 Å². The van der Waals surface area contributed by atoms with Crippen LogP contribution in [-0.4, -0.2) is 4.98 Å². The van der Waals surface area contributed by atoms with E-state index in [0.717, 1.165) is 16.5 Å². The van der Waals surface area contributed by atoms with Gasteiger partial charge in [-0.1, -0.05) is 24.3 Å². The largest absolute Gasteiger partial charge is 0.256 e. The molecule has 0 aliphatic rings. The summed E-state index contributed by atoms with van der Waals surface area (Å²) in [6.45, 7) is 3.21. The zero-order valence-electron chi connectivity index (χ0n) is 8.79. The van der Waals surface area contributed by atoms with Crippen LogP contribution in [0.1, 0.15) is 19.5 Å². The molecule has 0 saturated carbocycles. The van der Waals surface area contributed by atoms with Gasteiger partial charge < -0.3 is 0 Å². The Morgan fingerprint density at radius 1 is 1.13 bits per heavy atom. The lowest BCUT2D eigenvalue weighted by Gasteiger charge is -2.05. The van der Waals surface area contributed by atoms with Gasteiger partial charge in [-0.3, -0.25) is 4.98 Å². The van der Waals surface area contributed by atoms with Gasteiger partial charge >= 0.3 is 0 Å². The van der Waals surface area contributed by atoms with E-state index in [1.54, 1.807) is 13.1 Å². The van der Waals surface area contributed by atoms with Gasteiger partial charge in [-0.05, 0) is 25.3 Å². The van der Waals surface area contributed by atoms with Gasteiger partial charge in [0.15, 0.2) is 0 Å². The number of pyridine rings is 1. The molecule has 2 aromatic rings. The summed E-state index contributed by atoms with van der Waals surface area (Å²) in [4.78, 5) is 4.23. The molecule has 1 nitrogen and oxygen atoms in total. The van der Waals surface area contributed by atoms with Crippen LogP contribution in [0.15, 0.2) is 42.4 Å². The Balaban J connectivity index is 2.77. The lowest BCUT2D eigenvalue weighted by Crippen LogP contribution is -1.89. The number of nitrogens with zero attached hydrogens (tertiary/aromatic N) is 1. The summed E-state index contributed by atoms with van der Waals surface area (Å²) in [5.41, 5.74) is 1.33. The fourth-order valence-electron chi connectivity index (χ4n) is 1.58. The number of benzene rings is 1. The Kier molecular flexibility index (Phi) is 2.50. The van der Waals surface area contributed by atoms with Crippen molar-refractivity contribution >= 4 is 16.3 Å². The number of fused-ring (bicyclic) bond motifs is 1. The standard InChI is InChI=1S/C13H12FN/c1-9(10(2)14)13-12-6-4-3-5-11(12)7-8-15-13/h3-8H,1-2H3/b10-9-. The Labute approximate surface area is 88.3 Å². The molecule has 0 saturated heterocycles. The van der Waals surface area contributed by atoms with Gasteiger partial charge in [0.2, 0.25) is 0 Å². The number of allylic oxidation sites excluding steroid dienone is 2. The minimum absolute atomic E-state index is 0.182. The molecule has 2 heteroatoms. The van der Waals surface area contributed by atoms with Crippen LogP contribution in [0.3, 0.4) is 0 Å². The van der Waals surface area contributed by atoms with Crippen molar-refractivity contribution in [3.63, 3.8) is 0 Å². The lowest BCUT2D eigenvalue weighted by molar-refractivity contribution is 0.642. The second-order valence-corrected chi connectivity index (χ2v) is 3.54. The fraction of sp³-hybridized carbons (Fsp3) is 0.154. The molecule has 1 aromatic carbocycles. The normalized spacial score (nSPS) is 12.7. The molecule has 0 aliphatic heterocycles. The number of hydrogen-bond donors (Lipinski definition) is 0. The Morgan fingerprint density at radius 2 is 1.87 bits per heavy atom. The molecule has 76 valence electrons. The molecule has 1 aromatic heterocycles. The maximum Gasteiger partial charge on any atom is 0.102 e. The third kappa shape index (κ3) is 1.75. The first-order chi connectivity index (χ1) is 7.20. The van der Waals surface area contributed by atoms with E-state index in [9.17, 15) is 4.39 Å². The van der Waals surface area contributed by atoms with Crippen LogP contribution in [0.5, 0.6) is 0 Å². The molecule has 0 spiro atoms. The molecule has 2 rings (SSSR count). The van der Waals surface area contributed by atoms with E-state index in [1.165, 1.54) is 6.92 Å². The van der Waals surface area contributed by atoms with Crippen LogP contribution in [0.25, 0.3) is 16.3 Å². The summed E-state index contributed by atoms with van der Waals surface area (Å²) in [6, 6.07) is 9.80. The van der Waals surface area contributed by atoms with E-state index >= 15 is 0 Å². The maximum atomic E-state index is 13.1. The number of aromatic nitrogens is 1. The summed E-state index contributed by atoms with van der Waals surface area (Å²) in [5.74, 6) is -0.182. The van der Waals surface area contributed by atoms with E-state index in [0.29, 0.717) is 5.57 Å². The molecular weight excluding hydrogens is 189 g/mol. The van der Waals surface area contributed by atoms with Crippen LogP contribution in [0.4, 0.5) is 4.39 Å². The highest BCUT2D eigenvalue weighted by Crippen LogP contribution is 2.24. The van der Waals surface area contributed by atoms with Crippen molar-refractivity contribution in [3.05, 3.63) is 48.0 Å². The molecule has 0 bridgehead atoms. The molecule has 15 heavy (non-hydrogen) atoms. The smallest absolute Gasteiger partial charge is 0.102 e. The Hall–Kier alpha value is -1.70. The SMILES string of the molecule is C/C(F)=C(\C)c1nccc2ccccc12. The van der Waals surface area contributed by atoms with Crippen LogP contribution in [-0.2, 0) is 0 Å². The molecule has 0 fully saturated rings. The van der Waals surface area contributed by atoms with Gasteiger partial charge in [-0.2, -0.15) is 0 Å². The first-order valence-electron chi connectivity index (χ1n) is 4.87. The fourth-order valence-corrected chi connectivity index (χ4v) is 1.58. The van der Waals surface area contributed by atoms with Crippen molar-refractivity contribution in [1.82, 2.24) is 4.98 Å². The van der Waals surface area contributed by atoms with Crippen molar-refractivity contribution in [2.24, 2.45) is 0 Å². The molecule has 1 heterocycles.